The predicted molar refractivity (Wildman–Crippen MR) is 219 cm³/mol. The summed E-state index contributed by atoms with van der Waals surface area (Å²) in [7, 11) is -2.56. The van der Waals surface area contributed by atoms with E-state index in [1.165, 1.54) is 63.9 Å². The lowest BCUT2D eigenvalue weighted by atomic mass is 9.97. The second-order valence-electron chi connectivity index (χ2n) is 13.3. The van der Waals surface area contributed by atoms with E-state index in [0.29, 0.717) is 0 Å². The van der Waals surface area contributed by atoms with Crippen LogP contribution in [0.1, 0.15) is 0 Å². The summed E-state index contributed by atoms with van der Waals surface area (Å²) in [5, 5.41) is 5.96. The van der Waals surface area contributed by atoms with Crippen LogP contribution < -0.4 is 25.6 Å². The van der Waals surface area contributed by atoms with Gasteiger partial charge < -0.3 is 4.90 Å². The summed E-state index contributed by atoms with van der Waals surface area (Å²) in [5.41, 5.74) is 11.0. The summed E-state index contributed by atoms with van der Waals surface area (Å²) in [5.74, 6) is 0. The normalized spacial score (nSPS) is 13.2. The molecule has 10 rings (SSSR count). The van der Waals surface area contributed by atoms with E-state index in [9.17, 15) is 0 Å². The van der Waals surface area contributed by atoms with E-state index in [-0.39, 0.29) is 0 Å². The van der Waals surface area contributed by atoms with Crippen LogP contribution in [0.3, 0.4) is 0 Å². The number of hydrogen-bond donors (Lipinski definition) is 0. The van der Waals surface area contributed by atoms with Gasteiger partial charge in [-0.05, 0) is 103 Å². The Bertz CT molecular complexity index is 2460. The maximum atomic E-state index is 2.47. The van der Waals surface area contributed by atoms with Gasteiger partial charge in [-0.2, -0.15) is 0 Å². The monoisotopic (exact) mass is 683 g/mol. The molecule has 3 heteroatoms. The molecule has 2 aliphatic heterocycles. The second kappa shape index (κ2) is 12.2. The Morgan fingerprint density at radius 1 is 0.314 bits per heavy atom. The second-order valence-corrected chi connectivity index (χ2v) is 18.0. The van der Waals surface area contributed by atoms with Gasteiger partial charge in [-0.25, -0.2) is 0 Å². The van der Waals surface area contributed by atoms with Crippen LogP contribution in [0.2, 0.25) is 0 Å². The summed E-state index contributed by atoms with van der Waals surface area (Å²) >= 11 is 1.92. The molecule has 0 fully saturated rings. The molecule has 0 amide bonds. The molecule has 0 atom stereocenters. The largest absolute Gasteiger partial charge is 0.310 e. The average molecular weight is 684 g/mol. The quantitative estimate of drug-likeness (QED) is 0.166. The lowest BCUT2D eigenvalue weighted by molar-refractivity contribution is 1.26. The molecule has 8 aromatic carbocycles. The molecule has 0 aliphatic carbocycles. The van der Waals surface area contributed by atoms with Crippen LogP contribution in [0.5, 0.6) is 0 Å². The number of benzene rings is 8. The van der Waals surface area contributed by atoms with Crippen LogP contribution in [-0.2, 0) is 0 Å². The van der Waals surface area contributed by atoms with Crippen molar-refractivity contribution in [1.29, 1.82) is 0 Å². The minimum absolute atomic E-state index is 1.13. The van der Waals surface area contributed by atoms with E-state index in [2.05, 4.69) is 205 Å². The van der Waals surface area contributed by atoms with Gasteiger partial charge in [-0.15, -0.1) is 0 Å². The van der Waals surface area contributed by atoms with Crippen LogP contribution in [0.15, 0.2) is 210 Å². The highest BCUT2D eigenvalue weighted by molar-refractivity contribution is 8.00. The molecule has 51 heavy (non-hydrogen) atoms. The Hall–Kier alpha value is -5.87. The van der Waals surface area contributed by atoms with Gasteiger partial charge >= 0.3 is 0 Å². The number of rotatable bonds is 5. The highest BCUT2D eigenvalue weighted by atomic mass is 32.2. The van der Waals surface area contributed by atoms with Gasteiger partial charge in [-0.3, -0.25) is 0 Å². The SMILES string of the molecule is c1ccc(-c2cc(-c3ccccc3)cc(N(c3ccccc3)c3ccc4c(c3)Sc3ccccc3[Si]43c4ccccc4-c4ccccc43)c2)cc1. The summed E-state index contributed by atoms with van der Waals surface area (Å²) in [4.78, 5) is 5.14. The first-order valence-electron chi connectivity index (χ1n) is 17.5. The number of hydrogen-bond acceptors (Lipinski definition) is 2. The summed E-state index contributed by atoms with van der Waals surface area (Å²) in [6.45, 7) is 0. The van der Waals surface area contributed by atoms with Gasteiger partial charge in [0.25, 0.3) is 0 Å². The Kier molecular flexibility index (Phi) is 7.16. The van der Waals surface area contributed by atoms with E-state index in [1.54, 1.807) is 0 Å². The van der Waals surface area contributed by atoms with Crippen LogP contribution in [0.4, 0.5) is 17.1 Å². The minimum atomic E-state index is -2.56. The van der Waals surface area contributed by atoms with E-state index in [0.717, 1.165) is 17.1 Å². The topological polar surface area (TPSA) is 3.24 Å². The molecule has 0 N–H and O–H groups in total. The third-order valence-corrected chi connectivity index (χ3v) is 17.0. The van der Waals surface area contributed by atoms with E-state index in [1.807, 2.05) is 11.8 Å². The van der Waals surface area contributed by atoms with E-state index in [4.69, 9.17) is 0 Å². The number of para-hydroxylation sites is 1. The summed E-state index contributed by atoms with van der Waals surface area (Å²) < 4.78 is 0. The van der Waals surface area contributed by atoms with Crippen molar-refractivity contribution in [2.24, 2.45) is 0 Å². The smallest absolute Gasteiger partial charge is 0.183 e. The molecule has 0 unspecified atom stereocenters. The Morgan fingerprint density at radius 3 is 1.41 bits per heavy atom. The highest BCUT2D eigenvalue weighted by Crippen LogP contribution is 2.43. The van der Waals surface area contributed by atoms with Crippen molar-refractivity contribution in [2.45, 2.75) is 9.79 Å². The summed E-state index contributed by atoms with van der Waals surface area (Å²) in [6.07, 6.45) is 0. The zero-order valence-electron chi connectivity index (χ0n) is 27.9. The Morgan fingerprint density at radius 2 is 0.804 bits per heavy atom. The fourth-order valence-electron chi connectivity index (χ4n) is 8.35. The van der Waals surface area contributed by atoms with Crippen molar-refractivity contribution in [1.82, 2.24) is 0 Å². The maximum Gasteiger partial charge on any atom is 0.183 e. The van der Waals surface area contributed by atoms with E-state index >= 15 is 0 Å². The highest BCUT2D eigenvalue weighted by Gasteiger charge is 2.52. The maximum absolute atomic E-state index is 2.56. The van der Waals surface area contributed by atoms with Crippen LogP contribution in [-0.4, -0.2) is 8.07 Å². The Balaban J connectivity index is 1.21. The Labute approximate surface area is 304 Å². The standard InChI is InChI=1S/C48H33NSSi/c1-4-16-34(17-5-1)36-30-37(35-18-6-2-7-19-35)32-40(31-36)49(38-20-8-3-9-21-38)39-28-29-48-44(33-39)50-43-24-12-15-27-47(43)51(48)45-25-13-10-22-41(45)42-23-11-14-26-46(42)51/h1-33H. The van der Waals surface area contributed by atoms with Crippen molar-refractivity contribution >= 4 is 57.6 Å². The van der Waals surface area contributed by atoms with Crippen molar-refractivity contribution in [3.8, 4) is 33.4 Å². The molecule has 0 radical (unpaired) electrons. The summed E-state index contributed by atoms with van der Waals surface area (Å²) in [6, 6.07) is 74.1. The van der Waals surface area contributed by atoms with Gasteiger partial charge in [0.05, 0.1) is 0 Å². The predicted octanol–water partition coefficient (Wildman–Crippen LogP) is 10.3. The molecule has 2 aliphatic rings. The van der Waals surface area contributed by atoms with Crippen molar-refractivity contribution in [2.75, 3.05) is 4.90 Å². The lowest BCUT2D eigenvalue weighted by Crippen LogP contribution is -2.74. The molecular weight excluding hydrogens is 651 g/mol. The van der Waals surface area contributed by atoms with Gasteiger partial charge in [0.15, 0.2) is 8.07 Å². The molecule has 0 aromatic heterocycles. The first-order valence-corrected chi connectivity index (χ1v) is 20.3. The first-order chi connectivity index (χ1) is 25.3. The molecule has 8 aromatic rings. The zero-order chi connectivity index (χ0) is 33.8. The fraction of sp³-hybridized carbons (Fsp3) is 0. The third kappa shape index (κ3) is 4.77. The number of nitrogens with zero attached hydrogens (tertiary/aromatic N) is 1. The molecule has 1 spiro atoms. The van der Waals surface area contributed by atoms with Gasteiger partial charge in [0.2, 0.25) is 0 Å². The molecule has 1 nitrogen and oxygen atoms in total. The number of fused-ring (bicyclic) bond motifs is 9. The van der Waals surface area contributed by atoms with Gasteiger partial charge in [0.1, 0.15) is 0 Å². The van der Waals surface area contributed by atoms with Crippen molar-refractivity contribution in [3.63, 3.8) is 0 Å². The van der Waals surface area contributed by atoms with Gasteiger partial charge in [0, 0.05) is 26.9 Å². The molecule has 240 valence electrons. The van der Waals surface area contributed by atoms with Crippen molar-refractivity contribution < 1.29 is 0 Å². The number of anilines is 3. The van der Waals surface area contributed by atoms with Gasteiger partial charge in [-0.1, -0.05) is 163 Å². The van der Waals surface area contributed by atoms with Crippen LogP contribution >= 0.6 is 11.8 Å². The molecule has 2 heterocycles. The zero-order valence-corrected chi connectivity index (χ0v) is 29.7. The van der Waals surface area contributed by atoms with Crippen molar-refractivity contribution in [3.05, 3.63) is 200 Å². The minimum Gasteiger partial charge on any atom is -0.310 e. The first kappa shape index (κ1) is 30.0. The van der Waals surface area contributed by atoms with E-state index < -0.39 is 8.07 Å². The molecule has 0 saturated carbocycles. The molecule has 0 bridgehead atoms. The average Bonchev–Trinajstić information content (AvgIpc) is 3.50. The van der Waals surface area contributed by atoms with Crippen LogP contribution in [0.25, 0.3) is 33.4 Å². The lowest BCUT2D eigenvalue weighted by Gasteiger charge is -2.38. The molecule has 0 saturated heterocycles. The third-order valence-electron chi connectivity index (χ3n) is 10.5. The molecular formula is C48H33NSSi. The fourth-order valence-corrected chi connectivity index (χ4v) is 15.7. The van der Waals surface area contributed by atoms with Crippen LogP contribution in [0, 0.1) is 0 Å².